The molecular formula is C26H28BrClN2O3. The highest BCUT2D eigenvalue weighted by atomic mass is 79.9. The summed E-state index contributed by atoms with van der Waals surface area (Å²) in [5.74, 6) is 0.0786. The van der Waals surface area contributed by atoms with E-state index < -0.39 is 6.04 Å². The summed E-state index contributed by atoms with van der Waals surface area (Å²) in [6, 6.07) is 18.3. The Kier molecular flexibility index (Phi) is 8.75. The van der Waals surface area contributed by atoms with Crippen LogP contribution >= 0.6 is 27.5 Å². The largest absolute Gasteiger partial charge is 0.483 e. The highest BCUT2D eigenvalue weighted by molar-refractivity contribution is 9.10. The number of nitrogens with zero attached hydrogens (tertiary/aromatic N) is 1. The monoisotopic (exact) mass is 530 g/mol. The van der Waals surface area contributed by atoms with Gasteiger partial charge in [-0.3, -0.25) is 9.59 Å². The molecule has 0 aliphatic carbocycles. The number of carbonyl (C=O) groups excluding carboxylic acids is 2. The third-order valence-corrected chi connectivity index (χ3v) is 6.64. The molecule has 7 heteroatoms. The zero-order valence-corrected chi connectivity index (χ0v) is 21.3. The normalized spacial score (nSPS) is 12.8. The van der Waals surface area contributed by atoms with Gasteiger partial charge in [-0.1, -0.05) is 61.0 Å². The van der Waals surface area contributed by atoms with Gasteiger partial charge in [0.25, 0.3) is 5.91 Å². The maximum absolute atomic E-state index is 13.3. The molecule has 0 saturated heterocycles. The van der Waals surface area contributed by atoms with Crippen molar-refractivity contribution in [2.45, 2.75) is 45.8 Å². The third-order valence-electron chi connectivity index (χ3n) is 5.59. The lowest BCUT2D eigenvalue weighted by atomic mass is 10.1. The van der Waals surface area contributed by atoms with Crippen LogP contribution < -0.4 is 10.1 Å². The first-order chi connectivity index (χ1) is 15.8. The second kappa shape index (κ2) is 11.5. The van der Waals surface area contributed by atoms with Crippen LogP contribution in [0.25, 0.3) is 10.8 Å². The van der Waals surface area contributed by atoms with E-state index in [2.05, 4.69) is 21.2 Å². The van der Waals surface area contributed by atoms with Crippen molar-refractivity contribution >= 4 is 50.1 Å². The van der Waals surface area contributed by atoms with Crippen LogP contribution in [0.3, 0.4) is 0 Å². The zero-order chi connectivity index (χ0) is 24.0. The number of carbonyl (C=O) groups is 2. The van der Waals surface area contributed by atoms with Gasteiger partial charge in [-0.15, -0.1) is 0 Å². The molecule has 0 unspecified atom stereocenters. The van der Waals surface area contributed by atoms with Crippen molar-refractivity contribution in [1.29, 1.82) is 0 Å². The van der Waals surface area contributed by atoms with E-state index in [0.717, 1.165) is 27.2 Å². The summed E-state index contributed by atoms with van der Waals surface area (Å²) in [6.07, 6.45) is 0.805. The van der Waals surface area contributed by atoms with E-state index in [1.165, 1.54) is 4.90 Å². The molecular weight excluding hydrogens is 504 g/mol. The van der Waals surface area contributed by atoms with Crippen molar-refractivity contribution in [3.8, 4) is 5.75 Å². The van der Waals surface area contributed by atoms with Gasteiger partial charge in [0.1, 0.15) is 11.8 Å². The van der Waals surface area contributed by atoms with E-state index >= 15 is 0 Å². The molecule has 2 atom stereocenters. The number of hydrogen-bond acceptors (Lipinski definition) is 3. The third kappa shape index (κ3) is 6.49. The van der Waals surface area contributed by atoms with E-state index in [1.54, 1.807) is 19.1 Å². The van der Waals surface area contributed by atoms with Gasteiger partial charge in [-0.25, -0.2) is 0 Å². The standard InChI is InChI=1S/C26H28BrClN2O3/c1-4-17(2)29-26(32)18(3)30(15-19-8-7-10-21(28)14-19)24(31)16-33-23-13-12-20-9-5-6-11-22(20)25(23)27/h5-14,17-18H,4,15-16H2,1-3H3,(H,29,32)/t17-,18-/m0/s1. The first-order valence-electron chi connectivity index (χ1n) is 10.9. The second-order valence-corrected chi connectivity index (χ2v) is 9.26. The molecule has 0 fully saturated rings. The molecule has 2 amide bonds. The topological polar surface area (TPSA) is 58.6 Å². The van der Waals surface area contributed by atoms with Crippen molar-refractivity contribution in [3.63, 3.8) is 0 Å². The number of fused-ring (bicyclic) bond motifs is 1. The van der Waals surface area contributed by atoms with Crippen molar-refractivity contribution in [3.05, 3.63) is 75.7 Å². The minimum Gasteiger partial charge on any atom is -0.483 e. The van der Waals surface area contributed by atoms with Crippen LogP contribution in [0.5, 0.6) is 5.75 Å². The van der Waals surface area contributed by atoms with Crippen LogP contribution in [0.15, 0.2) is 65.1 Å². The molecule has 0 bridgehead atoms. The lowest BCUT2D eigenvalue weighted by Crippen LogP contribution is -2.50. The fourth-order valence-electron chi connectivity index (χ4n) is 3.43. The summed E-state index contributed by atoms with van der Waals surface area (Å²) in [4.78, 5) is 27.6. The van der Waals surface area contributed by atoms with Crippen molar-refractivity contribution < 1.29 is 14.3 Å². The quantitative estimate of drug-likeness (QED) is 0.370. The summed E-state index contributed by atoms with van der Waals surface area (Å²) in [6.45, 7) is 5.72. The summed E-state index contributed by atoms with van der Waals surface area (Å²) in [5.41, 5.74) is 0.839. The van der Waals surface area contributed by atoms with Crippen LogP contribution in [0.4, 0.5) is 0 Å². The minimum atomic E-state index is -0.672. The SMILES string of the molecule is CC[C@H](C)NC(=O)[C@H](C)N(Cc1cccc(Cl)c1)C(=O)COc1ccc2ccccc2c1Br. The van der Waals surface area contributed by atoms with E-state index in [1.807, 2.05) is 62.4 Å². The number of hydrogen-bond donors (Lipinski definition) is 1. The summed E-state index contributed by atoms with van der Waals surface area (Å²) < 4.78 is 6.67. The summed E-state index contributed by atoms with van der Waals surface area (Å²) >= 11 is 9.72. The van der Waals surface area contributed by atoms with Crippen LogP contribution in [0.1, 0.15) is 32.8 Å². The van der Waals surface area contributed by atoms with E-state index in [9.17, 15) is 9.59 Å². The Morgan fingerprint density at radius 1 is 1.09 bits per heavy atom. The summed E-state index contributed by atoms with van der Waals surface area (Å²) in [5, 5.41) is 5.60. The van der Waals surface area contributed by atoms with Gasteiger partial charge < -0.3 is 15.0 Å². The van der Waals surface area contributed by atoms with Crippen LogP contribution in [-0.2, 0) is 16.1 Å². The second-order valence-electron chi connectivity index (χ2n) is 8.03. The molecule has 0 aromatic heterocycles. The molecule has 5 nitrogen and oxygen atoms in total. The molecule has 3 aromatic rings. The van der Waals surface area contributed by atoms with Gasteiger partial charge in [0.15, 0.2) is 6.61 Å². The lowest BCUT2D eigenvalue weighted by Gasteiger charge is -2.29. The Bertz CT molecular complexity index is 1140. The fourth-order valence-corrected chi connectivity index (χ4v) is 4.25. The Morgan fingerprint density at radius 3 is 2.58 bits per heavy atom. The smallest absolute Gasteiger partial charge is 0.261 e. The molecule has 0 radical (unpaired) electrons. The van der Waals surface area contributed by atoms with Gasteiger partial charge in [0, 0.05) is 17.6 Å². The lowest BCUT2D eigenvalue weighted by molar-refractivity contribution is -0.142. The van der Waals surface area contributed by atoms with Crippen molar-refractivity contribution in [1.82, 2.24) is 10.2 Å². The maximum Gasteiger partial charge on any atom is 0.261 e. The van der Waals surface area contributed by atoms with Gasteiger partial charge in [0.05, 0.1) is 4.47 Å². The van der Waals surface area contributed by atoms with E-state index in [-0.39, 0.29) is 31.0 Å². The highest BCUT2D eigenvalue weighted by Crippen LogP contribution is 2.33. The Balaban J connectivity index is 1.79. The number of amides is 2. The molecule has 3 aromatic carbocycles. The van der Waals surface area contributed by atoms with Gasteiger partial charge in [-0.2, -0.15) is 0 Å². The van der Waals surface area contributed by atoms with Crippen molar-refractivity contribution in [2.75, 3.05) is 6.61 Å². The predicted molar refractivity (Wildman–Crippen MR) is 137 cm³/mol. The molecule has 33 heavy (non-hydrogen) atoms. The minimum absolute atomic E-state index is 0.0212. The molecule has 0 aliphatic rings. The molecule has 0 heterocycles. The first-order valence-corrected chi connectivity index (χ1v) is 12.1. The van der Waals surface area contributed by atoms with Crippen LogP contribution in [0.2, 0.25) is 5.02 Å². The van der Waals surface area contributed by atoms with Gasteiger partial charge in [-0.05, 0) is 70.7 Å². The van der Waals surface area contributed by atoms with Crippen molar-refractivity contribution in [2.24, 2.45) is 0 Å². The number of ether oxygens (including phenoxy) is 1. The fraction of sp³-hybridized carbons (Fsp3) is 0.308. The average molecular weight is 532 g/mol. The predicted octanol–water partition coefficient (Wildman–Crippen LogP) is 5.97. The van der Waals surface area contributed by atoms with Crippen LogP contribution in [-0.4, -0.2) is 35.4 Å². The Hall–Kier alpha value is -2.57. The molecule has 0 spiro atoms. The molecule has 1 N–H and O–H groups in total. The number of halogens is 2. The number of rotatable bonds is 9. The molecule has 3 rings (SSSR count). The summed E-state index contributed by atoms with van der Waals surface area (Å²) in [7, 11) is 0. The number of benzene rings is 3. The first kappa shape index (κ1) is 25.1. The Morgan fingerprint density at radius 2 is 1.85 bits per heavy atom. The Labute approximate surface area is 208 Å². The maximum atomic E-state index is 13.3. The molecule has 0 saturated carbocycles. The zero-order valence-electron chi connectivity index (χ0n) is 19.0. The van der Waals surface area contributed by atoms with E-state index in [0.29, 0.717) is 10.8 Å². The van der Waals surface area contributed by atoms with Crippen LogP contribution in [0, 0.1) is 0 Å². The highest BCUT2D eigenvalue weighted by Gasteiger charge is 2.27. The van der Waals surface area contributed by atoms with E-state index in [4.69, 9.17) is 16.3 Å². The average Bonchev–Trinajstić information content (AvgIpc) is 2.81. The van der Waals surface area contributed by atoms with Gasteiger partial charge >= 0.3 is 0 Å². The molecule has 0 aliphatic heterocycles. The number of nitrogens with one attached hydrogen (secondary N) is 1. The van der Waals surface area contributed by atoms with Gasteiger partial charge in [0.2, 0.25) is 5.91 Å². The molecule has 174 valence electrons.